The first-order chi connectivity index (χ1) is 10.8. The van der Waals surface area contributed by atoms with E-state index in [2.05, 4.69) is 18.3 Å². The zero-order valence-electron chi connectivity index (χ0n) is 13.3. The molecule has 0 amide bonds. The number of fused-ring (bicyclic) bond motifs is 1. The lowest BCUT2D eigenvalue weighted by Crippen LogP contribution is -2.30. The van der Waals surface area contributed by atoms with Gasteiger partial charge in [0.05, 0.1) is 22.3 Å². The Morgan fingerprint density at radius 2 is 2.13 bits per heavy atom. The lowest BCUT2D eigenvalue weighted by Gasteiger charge is -2.27. The van der Waals surface area contributed by atoms with E-state index in [1.165, 1.54) is 0 Å². The van der Waals surface area contributed by atoms with Crippen molar-refractivity contribution in [1.82, 2.24) is 9.38 Å². The monoisotopic (exact) mass is 373 g/mol. The number of carbonyl (C=O) groups excluding carboxylic acids is 1. The Balaban J connectivity index is 2.20. The van der Waals surface area contributed by atoms with E-state index in [0.29, 0.717) is 22.9 Å². The molecule has 3 rings (SSSR count). The van der Waals surface area contributed by atoms with Crippen molar-refractivity contribution in [2.45, 2.75) is 20.3 Å². The molecule has 0 bridgehead atoms. The number of pyridine rings is 1. The molecular weight excluding hydrogens is 353 g/mol. The largest absolute Gasteiger partial charge is 0.356 e. The van der Waals surface area contributed by atoms with Crippen molar-refractivity contribution in [2.24, 2.45) is 0 Å². The van der Waals surface area contributed by atoms with Crippen molar-refractivity contribution in [3.8, 4) is 0 Å². The topological polar surface area (TPSA) is 54.7 Å². The molecular formula is C15H21ClN3O2PS. The van der Waals surface area contributed by atoms with E-state index in [9.17, 15) is 9.00 Å². The number of rotatable bonds is 2. The predicted octanol–water partition coefficient (Wildman–Crippen LogP) is 2.52. The van der Waals surface area contributed by atoms with Gasteiger partial charge in [0.2, 0.25) is 0 Å². The van der Waals surface area contributed by atoms with Crippen LogP contribution in [0.5, 0.6) is 0 Å². The Bertz CT molecular complexity index is 836. The Kier molecular flexibility index (Phi) is 4.51. The minimum atomic E-state index is -2.15. The van der Waals surface area contributed by atoms with Crippen LogP contribution in [-0.4, -0.2) is 44.0 Å². The molecule has 8 heteroatoms. The highest BCUT2D eigenvalue weighted by molar-refractivity contribution is 8.45. The van der Waals surface area contributed by atoms with Gasteiger partial charge in [0, 0.05) is 24.6 Å². The minimum absolute atomic E-state index is 0.0322. The third-order valence-corrected chi connectivity index (χ3v) is 8.18. The van der Waals surface area contributed by atoms with E-state index in [1.54, 1.807) is 19.2 Å². The molecule has 1 unspecified atom stereocenters. The molecule has 1 atom stereocenters. The van der Waals surface area contributed by atoms with Crippen molar-refractivity contribution in [3.63, 3.8) is 0 Å². The number of imidazole rings is 1. The summed E-state index contributed by atoms with van der Waals surface area (Å²) in [5, 5.41) is 0.520. The van der Waals surface area contributed by atoms with E-state index < -0.39 is 9.55 Å². The number of Topliss-reactive ketones (excluding diaryl/α,β-unsaturated/α-hetero) is 1. The van der Waals surface area contributed by atoms with Crippen LogP contribution in [0.1, 0.15) is 29.5 Å². The van der Waals surface area contributed by atoms with Crippen LogP contribution in [0.4, 0.5) is 5.82 Å². The molecule has 2 aromatic rings. The van der Waals surface area contributed by atoms with Crippen LogP contribution in [0.15, 0.2) is 12.3 Å². The van der Waals surface area contributed by atoms with E-state index >= 15 is 0 Å². The van der Waals surface area contributed by atoms with Crippen LogP contribution in [0.3, 0.4) is 0 Å². The molecule has 1 aliphatic heterocycles. The lowest BCUT2D eigenvalue weighted by atomic mass is 10.1. The number of halogens is 1. The number of nitrogens with zero attached hydrogens (tertiary/aromatic N) is 3. The van der Waals surface area contributed by atoms with Gasteiger partial charge in [-0.15, -0.1) is 0 Å². The molecule has 0 N–H and O–H groups in total. The summed E-state index contributed by atoms with van der Waals surface area (Å²) < 4.78 is 14.4. The van der Waals surface area contributed by atoms with Gasteiger partial charge in [-0.3, -0.25) is 13.4 Å². The fourth-order valence-corrected chi connectivity index (χ4v) is 5.71. The van der Waals surface area contributed by atoms with Crippen LogP contribution < -0.4 is 4.90 Å². The number of ketones is 1. The number of carbonyl (C=O) groups is 1. The van der Waals surface area contributed by atoms with Gasteiger partial charge >= 0.3 is 0 Å². The Morgan fingerprint density at radius 1 is 1.39 bits per heavy atom. The van der Waals surface area contributed by atoms with Crippen LogP contribution in [-0.2, 0) is 9.55 Å². The number of anilines is 1. The van der Waals surface area contributed by atoms with Gasteiger partial charge in [-0.05, 0) is 26.3 Å². The summed E-state index contributed by atoms with van der Waals surface area (Å²) in [4.78, 5) is 18.7. The zero-order valence-corrected chi connectivity index (χ0v) is 16.1. The molecule has 0 spiro atoms. The molecule has 0 saturated carbocycles. The summed E-state index contributed by atoms with van der Waals surface area (Å²) in [7, 11) is 0.391. The standard InChI is InChI=1S/C15H21ClN3O2PS/c1-10(20)12-8-13(16)14-9-17-11(2)19(14)15(12)18-4-3-6-23(21,22)7-5-18/h8-9,23H,3-7,22H2,1-2H3. The highest BCUT2D eigenvalue weighted by Gasteiger charge is 2.25. The molecule has 5 nitrogen and oxygen atoms in total. The summed E-state index contributed by atoms with van der Waals surface area (Å²) in [5.41, 5.74) is 1.38. The average molecular weight is 374 g/mol. The molecule has 2 aromatic heterocycles. The molecule has 0 aliphatic carbocycles. The third kappa shape index (κ3) is 3.17. The first kappa shape index (κ1) is 16.9. The Labute approximate surface area is 143 Å². The molecule has 0 aromatic carbocycles. The number of aromatic nitrogens is 2. The Morgan fingerprint density at radius 3 is 2.83 bits per heavy atom. The van der Waals surface area contributed by atoms with Crippen LogP contribution >= 0.6 is 20.0 Å². The normalized spacial score (nSPS) is 19.6. The van der Waals surface area contributed by atoms with E-state index in [1.807, 2.05) is 11.3 Å². The fraction of sp³-hybridized carbons (Fsp3) is 0.467. The second kappa shape index (κ2) is 6.15. The van der Waals surface area contributed by atoms with E-state index in [0.717, 1.165) is 35.9 Å². The molecule has 0 radical (unpaired) electrons. The quantitative estimate of drug-likeness (QED) is 0.499. The number of hydrogen-bond acceptors (Lipinski definition) is 4. The summed E-state index contributed by atoms with van der Waals surface area (Å²) in [5.74, 6) is 2.93. The number of thiol groups is 1. The van der Waals surface area contributed by atoms with Gasteiger partial charge in [0.1, 0.15) is 11.6 Å². The average Bonchev–Trinajstić information content (AvgIpc) is 2.76. The van der Waals surface area contributed by atoms with Crippen LogP contribution in [0, 0.1) is 6.92 Å². The maximum atomic E-state index is 12.4. The highest BCUT2D eigenvalue weighted by atomic mass is 35.5. The summed E-state index contributed by atoms with van der Waals surface area (Å²) >= 11 is 6.33. The number of hydrogen-bond donors (Lipinski definition) is 1. The van der Waals surface area contributed by atoms with Crippen molar-refractivity contribution < 1.29 is 9.00 Å². The molecule has 1 fully saturated rings. The molecule has 23 heavy (non-hydrogen) atoms. The summed E-state index contributed by atoms with van der Waals surface area (Å²) in [6.07, 6.45) is 2.57. The van der Waals surface area contributed by atoms with Gasteiger partial charge in [-0.1, -0.05) is 29.6 Å². The molecule has 1 aliphatic rings. The van der Waals surface area contributed by atoms with Crippen molar-refractivity contribution >= 4 is 46.7 Å². The molecule has 1 saturated heterocycles. The van der Waals surface area contributed by atoms with Crippen molar-refractivity contribution in [3.05, 3.63) is 28.7 Å². The summed E-state index contributed by atoms with van der Waals surface area (Å²) in [6, 6.07) is 1.72. The molecule has 126 valence electrons. The SMILES string of the molecule is CC(=O)c1cc(Cl)c2cnc(C)n2c1N1CCC[SH](=O)(P)CC1. The third-order valence-electron chi connectivity index (χ3n) is 4.30. The Hall–Kier alpha value is -0.970. The smallest absolute Gasteiger partial charge is 0.163 e. The van der Waals surface area contributed by atoms with Crippen LogP contribution in [0.2, 0.25) is 5.02 Å². The first-order valence-corrected chi connectivity index (χ1v) is 11.7. The lowest BCUT2D eigenvalue weighted by molar-refractivity contribution is 0.101. The maximum absolute atomic E-state index is 12.4. The van der Waals surface area contributed by atoms with Crippen molar-refractivity contribution in [1.29, 1.82) is 0 Å². The van der Waals surface area contributed by atoms with Crippen LogP contribution in [0.25, 0.3) is 5.52 Å². The molecule has 3 heterocycles. The van der Waals surface area contributed by atoms with Gasteiger partial charge in [-0.2, -0.15) is 0 Å². The van der Waals surface area contributed by atoms with E-state index in [-0.39, 0.29) is 5.78 Å². The van der Waals surface area contributed by atoms with Gasteiger partial charge in [-0.25, -0.2) is 4.98 Å². The summed E-state index contributed by atoms with van der Waals surface area (Å²) in [6.45, 7) is 4.88. The van der Waals surface area contributed by atoms with Gasteiger partial charge < -0.3 is 4.90 Å². The fourth-order valence-electron chi connectivity index (χ4n) is 3.09. The second-order valence-corrected chi connectivity index (χ2v) is 12.1. The minimum Gasteiger partial charge on any atom is -0.356 e. The number of aryl methyl sites for hydroxylation is 1. The van der Waals surface area contributed by atoms with Gasteiger partial charge in [0.25, 0.3) is 0 Å². The second-order valence-electron chi connectivity index (χ2n) is 6.05. The van der Waals surface area contributed by atoms with Crippen molar-refractivity contribution in [2.75, 3.05) is 29.5 Å². The van der Waals surface area contributed by atoms with Gasteiger partial charge in [0.15, 0.2) is 5.78 Å². The highest BCUT2D eigenvalue weighted by Crippen LogP contribution is 2.32. The zero-order chi connectivity index (χ0) is 16.8. The van der Waals surface area contributed by atoms with E-state index in [4.69, 9.17) is 11.6 Å². The predicted molar refractivity (Wildman–Crippen MR) is 101 cm³/mol. The maximum Gasteiger partial charge on any atom is 0.163 e. The first-order valence-electron chi connectivity index (χ1n) is 7.59.